The summed E-state index contributed by atoms with van der Waals surface area (Å²) in [6.07, 6.45) is 2.33. The van der Waals surface area contributed by atoms with E-state index in [1.165, 1.54) is 0 Å². The van der Waals surface area contributed by atoms with Crippen molar-refractivity contribution < 1.29 is 9.53 Å². The summed E-state index contributed by atoms with van der Waals surface area (Å²) in [6.45, 7) is 2.93. The molecule has 1 aliphatic rings. The fourth-order valence-corrected chi connectivity index (χ4v) is 2.72. The number of hydrogen-bond donors (Lipinski definition) is 2. The summed E-state index contributed by atoms with van der Waals surface area (Å²) in [5.41, 5.74) is 0.317. The van der Waals surface area contributed by atoms with Crippen LogP contribution in [-0.2, 0) is 4.74 Å². The Morgan fingerprint density at radius 3 is 2.60 bits per heavy atom. The average Bonchev–Trinajstić information content (AvgIpc) is 2.44. The molecule has 0 atom stereocenters. The molecule has 20 heavy (non-hydrogen) atoms. The average molecular weight is 317 g/mol. The number of rotatable bonds is 5. The maximum Gasteiger partial charge on any atom is 0.254 e. The number of hydrogen-bond acceptors (Lipinski definition) is 3. The van der Waals surface area contributed by atoms with Gasteiger partial charge in [-0.3, -0.25) is 4.79 Å². The topological polar surface area (TPSA) is 50.4 Å². The number of carbonyl (C=O) groups excluding carboxylic acids is 1. The van der Waals surface area contributed by atoms with Crippen molar-refractivity contribution in [2.75, 3.05) is 26.2 Å². The quantitative estimate of drug-likeness (QED) is 0.821. The van der Waals surface area contributed by atoms with Crippen molar-refractivity contribution in [3.8, 4) is 0 Å². The minimum absolute atomic E-state index is 0.269. The van der Waals surface area contributed by atoms with Crippen molar-refractivity contribution in [1.82, 2.24) is 10.6 Å². The largest absolute Gasteiger partial charge is 0.376 e. The highest BCUT2D eigenvalue weighted by atomic mass is 35.5. The summed E-state index contributed by atoms with van der Waals surface area (Å²) in [5, 5.41) is 6.76. The van der Waals surface area contributed by atoms with E-state index in [4.69, 9.17) is 27.9 Å². The Bertz CT molecular complexity index is 442. The lowest BCUT2D eigenvalue weighted by Crippen LogP contribution is -2.34. The molecule has 1 heterocycles. The molecular weight excluding hydrogens is 299 g/mol. The van der Waals surface area contributed by atoms with Crippen LogP contribution in [0.15, 0.2) is 18.2 Å². The van der Waals surface area contributed by atoms with Gasteiger partial charge in [-0.15, -0.1) is 0 Å². The van der Waals surface area contributed by atoms with Gasteiger partial charge in [-0.2, -0.15) is 0 Å². The number of piperidine rings is 1. The van der Waals surface area contributed by atoms with Gasteiger partial charge < -0.3 is 15.4 Å². The van der Waals surface area contributed by atoms with E-state index < -0.39 is 0 Å². The van der Waals surface area contributed by atoms with Crippen molar-refractivity contribution in [2.24, 2.45) is 0 Å². The summed E-state index contributed by atoms with van der Waals surface area (Å²) in [7, 11) is 0. The zero-order valence-electron chi connectivity index (χ0n) is 11.1. The monoisotopic (exact) mass is 316 g/mol. The van der Waals surface area contributed by atoms with Crippen LogP contribution in [0.4, 0.5) is 0 Å². The molecule has 1 amide bonds. The van der Waals surface area contributed by atoms with Crippen LogP contribution < -0.4 is 10.6 Å². The van der Waals surface area contributed by atoms with E-state index in [9.17, 15) is 4.79 Å². The van der Waals surface area contributed by atoms with Gasteiger partial charge in [0.15, 0.2) is 0 Å². The number of amides is 1. The Kier molecular flexibility index (Phi) is 6.10. The Labute approximate surface area is 128 Å². The molecule has 0 unspecified atom stereocenters. The molecule has 4 nitrogen and oxygen atoms in total. The minimum atomic E-state index is -0.269. The number of ether oxygens (including phenoxy) is 1. The van der Waals surface area contributed by atoms with Crippen molar-refractivity contribution in [2.45, 2.75) is 18.9 Å². The molecule has 1 fully saturated rings. The zero-order valence-corrected chi connectivity index (χ0v) is 12.6. The molecule has 1 aromatic rings. The lowest BCUT2D eigenvalue weighted by Gasteiger charge is -2.23. The molecule has 1 saturated heterocycles. The lowest BCUT2D eigenvalue weighted by molar-refractivity contribution is 0.0343. The third-order valence-corrected chi connectivity index (χ3v) is 3.85. The summed E-state index contributed by atoms with van der Waals surface area (Å²) in [5.74, 6) is -0.269. The molecule has 2 rings (SSSR count). The van der Waals surface area contributed by atoms with Crippen LogP contribution in [0.3, 0.4) is 0 Å². The Morgan fingerprint density at radius 2 is 1.95 bits per heavy atom. The summed E-state index contributed by atoms with van der Waals surface area (Å²) >= 11 is 12.0. The summed E-state index contributed by atoms with van der Waals surface area (Å²) < 4.78 is 5.71. The van der Waals surface area contributed by atoms with E-state index >= 15 is 0 Å². The normalized spacial score (nSPS) is 16.1. The molecule has 1 aliphatic heterocycles. The van der Waals surface area contributed by atoms with Crippen LogP contribution in [0, 0.1) is 0 Å². The van der Waals surface area contributed by atoms with Gasteiger partial charge in [0.25, 0.3) is 5.91 Å². The minimum Gasteiger partial charge on any atom is -0.376 e. The van der Waals surface area contributed by atoms with Crippen molar-refractivity contribution in [3.63, 3.8) is 0 Å². The van der Waals surface area contributed by atoms with Crippen molar-refractivity contribution in [1.29, 1.82) is 0 Å². The fraction of sp³-hybridized carbons (Fsp3) is 0.500. The number of halogens is 2. The van der Waals surface area contributed by atoms with Gasteiger partial charge in [0, 0.05) is 6.54 Å². The van der Waals surface area contributed by atoms with Crippen LogP contribution in [0.25, 0.3) is 0 Å². The van der Waals surface area contributed by atoms with Crippen LogP contribution in [0.2, 0.25) is 10.0 Å². The van der Waals surface area contributed by atoms with Gasteiger partial charge in [0.05, 0.1) is 28.3 Å². The van der Waals surface area contributed by atoms with Gasteiger partial charge in [0.1, 0.15) is 0 Å². The zero-order chi connectivity index (χ0) is 14.4. The number of nitrogens with one attached hydrogen (secondary N) is 2. The summed E-state index contributed by atoms with van der Waals surface area (Å²) in [6, 6.07) is 5.00. The molecule has 6 heteroatoms. The Morgan fingerprint density at radius 1 is 1.30 bits per heavy atom. The molecule has 110 valence electrons. The van der Waals surface area contributed by atoms with Gasteiger partial charge in [-0.1, -0.05) is 29.3 Å². The SMILES string of the molecule is O=C(NCCOC1CCNCC1)c1c(Cl)cccc1Cl. The van der Waals surface area contributed by atoms with Gasteiger partial charge in [-0.25, -0.2) is 0 Å². The molecule has 0 aliphatic carbocycles. The van der Waals surface area contributed by atoms with Gasteiger partial charge in [-0.05, 0) is 38.1 Å². The highest BCUT2D eigenvalue weighted by Crippen LogP contribution is 2.23. The molecule has 0 bridgehead atoms. The van der Waals surface area contributed by atoms with E-state index in [1.807, 2.05) is 0 Å². The smallest absolute Gasteiger partial charge is 0.254 e. The molecule has 2 N–H and O–H groups in total. The molecule has 1 aromatic carbocycles. The first-order chi connectivity index (χ1) is 9.68. The fourth-order valence-electron chi connectivity index (χ4n) is 2.16. The second kappa shape index (κ2) is 7.84. The molecule has 0 aromatic heterocycles. The molecule has 0 spiro atoms. The summed E-state index contributed by atoms with van der Waals surface area (Å²) in [4.78, 5) is 12.0. The van der Waals surface area contributed by atoms with Crippen LogP contribution in [-0.4, -0.2) is 38.3 Å². The lowest BCUT2D eigenvalue weighted by atomic mass is 10.1. The highest BCUT2D eigenvalue weighted by Gasteiger charge is 2.15. The van der Waals surface area contributed by atoms with Gasteiger partial charge in [0.2, 0.25) is 0 Å². The van der Waals surface area contributed by atoms with Gasteiger partial charge >= 0.3 is 0 Å². The third-order valence-electron chi connectivity index (χ3n) is 3.22. The van der Waals surface area contributed by atoms with E-state index in [2.05, 4.69) is 10.6 Å². The van der Waals surface area contributed by atoms with Crippen LogP contribution in [0.5, 0.6) is 0 Å². The first-order valence-electron chi connectivity index (χ1n) is 6.73. The predicted octanol–water partition coefficient (Wildman–Crippen LogP) is 2.49. The maximum absolute atomic E-state index is 12.0. The van der Waals surface area contributed by atoms with E-state index in [-0.39, 0.29) is 12.0 Å². The van der Waals surface area contributed by atoms with Crippen molar-refractivity contribution in [3.05, 3.63) is 33.8 Å². The molecule has 0 radical (unpaired) electrons. The molecule has 0 saturated carbocycles. The Hall–Kier alpha value is -0.810. The van der Waals surface area contributed by atoms with Crippen LogP contribution in [0.1, 0.15) is 23.2 Å². The highest BCUT2D eigenvalue weighted by molar-refractivity contribution is 6.39. The molecular formula is C14H18Cl2N2O2. The van der Waals surface area contributed by atoms with E-state index in [1.54, 1.807) is 18.2 Å². The van der Waals surface area contributed by atoms with E-state index in [0.717, 1.165) is 25.9 Å². The Balaban J connectivity index is 1.75. The first-order valence-corrected chi connectivity index (χ1v) is 7.48. The number of benzene rings is 1. The second-order valence-corrected chi connectivity index (χ2v) is 5.49. The van der Waals surface area contributed by atoms with Crippen molar-refractivity contribution >= 4 is 29.1 Å². The first kappa shape index (κ1) is 15.6. The second-order valence-electron chi connectivity index (χ2n) is 4.67. The van der Waals surface area contributed by atoms with Crippen LogP contribution >= 0.6 is 23.2 Å². The predicted molar refractivity (Wildman–Crippen MR) is 80.6 cm³/mol. The number of carbonyl (C=O) groups is 1. The standard InChI is InChI=1S/C14H18Cl2N2O2/c15-11-2-1-3-12(16)13(11)14(19)18-8-9-20-10-4-6-17-7-5-10/h1-3,10,17H,4-9H2,(H,18,19). The maximum atomic E-state index is 12.0. The van der Waals surface area contributed by atoms with E-state index in [0.29, 0.717) is 28.8 Å². The third kappa shape index (κ3) is 4.35.